The lowest BCUT2D eigenvalue weighted by Crippen LogP contribution is -2.28. The number of para-hydroxylation sites is 1. The zero-order valence-corrected chi connectivity index (χ0v) is 10.1. The van der Waals surface area contributed by atoms with Crippen LogP contribution in [0.1, 0.15) is 5.56 Å². The second-order valence-electron chi connectivity index (χ2n) is 3.80. The first kappa shape index (κ1) is 12.2. The number of hydrogen-bond acceptors (Lipinski definition) is 3. The molecule has 1 heterocycles. The zero-order chi connectivity index (χ0) is 13.0. The number of carbonyl (C=O) groups is 2. The van der Waals surface area contributed by atoms with E-state index in [0.717, 1.165) is 11.3 Å². The van der Waals surface area contributed by atoms with Crippen LogP contribution in [0.3, 0.4) is 0 Å². The quantitative estimate of drug-likeness (QED) is 0.648. The van der Waals surface area contributed by atoms with Crippen LogP contribution in [0.15, 0.2) is 30.3 Å². The summed E-state index contributed by atoms with van der Waals surface area (Å²) < 4.78 is 4.54. The summed E-state index contributed by atoms with van der Waals surface area (Å²) in [4.78, 5) is 24.4. The van der Waals surface area contributed by atoms with Gasteiger partial charge in [-0.2, -0.15) is 0 Å². The van der Waals surface area contributed by atoms with Crippen molar-refractivity contribution in [2.24, 2.45) is 0 Å². The minimum atomic E-state index is -0.421. The molecule has 1 aliphatic rings. The Labute approximate surface area is 105 Å². The van der Waals surface area contributed by atoms with Crippen molar-refractivity contribution in [1.29, 1.82) is 0 Å². The summed E-state index contributed by atoms with van der Waals surface area (Å²) in [6, 6.07) is 7.29. The Hall–Kier alpha value is -2.30. The third-order valence-electron chi connectivity index (χ3n) is 2.68. The summed E-state index contributed by atoms with van der Waals surface area (Å²) in [6.07, 6.45) is 2.99. The van der Waals surface area contributed by atoms with E-state index in [4.69, 9.17) is 0 Å². The summed E-state index contributed by atoms with van der Waals surface area (Å²) in [5, 5.41) is 2.74. The van der Waals surface area contributed by atoms with E-state index in [0.29, 0.717) is 13.1 Å². The molecule has 0 bridgehead atoms. The van der Waals surface area contributed by atoms with E-state index in [-0.39, 0.29) is 6.03 Å². The average Bonchev–Trinajstić information content (AvgIpc) is 2.82. The molecule has 94 valence electrons. The van der Waals surface area contributed by atoms with Crippen molar-refractivity contribution < 1.29 is 14.3 Å². The van der Waals surface area contributed by atoms with Gasteiger partial charge in [-0.05, 0) is 17.7 Å². The van der Waals surface area contributed by atoms with Gasteiger partial charge < -0.3 is 10.1 Å². The van der Waals surface area contributed by atoms with Gasteiger partial charge >= 0.3 is 12.0 Å². The van der Waals surface area contributed by atoms with E-state index >= 15 is 0 Å². The molecule has 1 aromatic rings. The van der Waals surface area contributed by atoms with Crippen LogP contribution in [0.25, 0.3) is 6.08 Å². The number of rotatable bonds is 3. The lowest BCUT2D eigenvalue weighted by atomic mass is 10.1. The van der Waals surface area contributed by atoms with Gasteiger partial charge in [-0.3, -0.25) is 4.90 Å². The van der Waals surface area contributed by atoms with Gasteiger partial charge in [-0.25, -0.2) is 9.59 Å². The van der Waals surface area contributed by atoms with Crippen LogP contribution in [0, 0.1) is 0 Å². The van der Waals surface area contributed by atoms with Crippen molar-refractivity contribution in [3.05, 3.63) is 35.9 Å². The molecule has 0 saturated carbocycles. The van der Waals surface area contributed by atoms with Gasteiger partial charge in [0.15, 0.2) is 0 Å². The third-order valence-corrected chi connectivity index (χ3v) is 2.68. The first-order valence-electron chi connectivity index (χ1n) is 5.63. The maximum absolute atomic E-state index is 11.6. The molecule has 0 radical (unpaired) electrons. The first-order valence-corrected chi connectivity index (χ1v) is 5.63. The van der Waals surface area contributed by atoms with Crippen LogP contribution < -0.4 is 10.2 Å². The molecule has 0 spiro atoms. The molecular weight excluding hydrogens is 232 g/mol. The van der Waals surface area contributed by atoms with Crippen LogP contribution >= 0.6 is 0 Å². The SMILES string of the molecule is COC(=O)C=Cc1ccccc1N1CCNC1=O. The number of carbonyl (C=O) groups excluding carboxylic acids is 2. The maximum atomic E-state index is 11.6. The summed E-state index contributed by atoms with van der Waals surface area (Å²) in [5.41, 5.74) is 1.59. The van der Waals surface area contributed by atoms with Gasteiger partial charge in [0.2, 0.25) is 0 Å². The molecule has 0 unspecified atom stereocenters. The van der Waals surface area contributed by atoms with Gasteiger partial charge in [-0.15, -0.1) is 0 Å². The Morgan fingerprint density at radius 2 is 2.22 bits per heavy atom. The number of urea groups is 1. The topological polar surface area (TPSA) is 58.6 Å². The molecule has 1 saturated heterocycles. The highest BCUT2D eigenvalue weighted by Crippen LogP contribution is 2.23. The molecule has 18 heavy (non-hydrogen) atoms. The number of anilines is 1. The van der Waals surface area contributed by atoms with Gasteiger partial charge in [0, 0.05) is 19.2 Å². The number of benzene rings is 1. The highest BCUT2D eigenvalue weighted by molar-refractivity contribution is 5.97. The van der Waals surface area contributed by atoms with Crippen LogP contribution in [-0.4, -0.2) is 32.2 Å². The van der Waals surface area contributed by atoms with E-state index < -0.39 is 5.97 Å². The number of ether oxygens (including phenoxy) is 1. The standard InChI is InChI=1S/C13H14N2O3/c1-18-12(16)7-6-10-4-2-3-5-11(10)15-9-8-14-13(15)17/h2-7H,8-9H2,1H3,(H,14,17). The van der Waals surface area contributed by atoms with E-state index in [2.05, 4.69) is 10.1 Å². The Morgan fingerprint density at radius 3 is 2.89 bits per heavy atom. The van der Waals surface area contributed by atoms with Crippen molar-refractivity contribution >= 4 is 23.8 Å². The summed E-state index contributed by atoms with van der Waals surface area (Å²) in [5.74, 6) is -0.421. The Bertz CT molecular complexity index is 497. The molecule has 2 rings (SSSR count). The average molecular weight is 246 g/mol. The second-order valence-corrected chi connectivity index (χ2v) is 3.80. The zero-order valence-electron chi connectivity index (χ0n) is 10.1. The normalized spacial score (nSPS) is 14.9. The molecule has 0 aliphatic carbocycles. The highest BCUT2D eigenvalue weighted by atomic mass is 16.5. The molecule has 1 aromatic carbocycles. The molecule has 5 nitrogen and oxygen atoms in total. The van der Waals surface area contributed by atoms with E-state index in [1.807, 2.05) is 24.3 Å². The van der Waals surface area contributed by atoms with Crippen molar-refractivity contribution in [1.82, 2.24) is 5.32 Å². The Balaban J connectivity index is 2.28. The van der Waals surface area contributed by atoms with Gasteiger partial charge in [0.1, 0.15) is 0 Å². The number of esters is 1. The fourth-order valence-corrected chi connectivity index (χ4v) is 1.80. The molecule has 0 atom stereocenters. The fraction of sp³-hybridized carbons (Fsp3) is 0.231. The van der Waals surface area contributed by atoms with Crippen LogP contribution in [0.5, 0.6) is 0 Å². The van der Waals surface area contributed by atoms with Gasteiger partial charge in [0.25, 0.3) is 0 Å². The molecule has 5 heteroatoms. The number of nitrogens with zero attached hydrogens (tertiary/aromatic N) is 1. The minimum absolute atomic E-state index is 0.117. The number of amides is 2. The van der Waals surface area contributed by atoms with E-state index in [1.54, 1.807) is 11.0 Å². The predicted octanol–water partition coefficient (Wildman–Crippen LogP) is 1.40. The Morgan fingerprint density at radius 1 is 1.44 bits per heavy atom. The molecule has 2 amide bonds. The van der Waals surface area contributed by atoms with E-state index in [1.165, 1.54) is 13.2 Å². The number of methoxy groups -OCH3 is 1. The van der Waals surface area contributed by atoms with Crippen LogP contribution in [-0.2, 0) is 9.53 Å². The number of hydrogen-bond donors (Lipinski definition) is 1. The predicted molar refractivity (Wildman–Crippen MR) is 68.2 cm³/mol. The summed E-state index contributed by atoms with van der Waals surface area (Å²) in [7, 11) is 1.33. The highest BCUT2D eigenvalue weighted by Gasteiger charge is 2.22. The van der Waals surface area contributed by atoms with Gasteiger partial charge in [0.05, 0.1) is 12.8 Å². The van der Waals surface area contributed by atoms with Crippen LogP contribution in [0.2, 0.25) is 0 Å². The minimum Gasteiger partial charge on any atom is -0.466 e. The lowest BCUT2D eigenvalue weighted by molar-refractivity contribution is -0.134. The molecule has 1 fully saturated rings. The molecule has 1 aliphatic heterocycles. The first-order chi connectivity index (χ1) is 8.72. The summed E-state index contributed by atoms with van der Waals surface area (Å²) in [6.45, 7) is 1.26. The van der Waals surface area contributed by atoms with Crippen molar-refractivity contribution in [2.45, 2.75) is 0 Å². The molecular formula is C13H14N2O3. The van der Waals surface area contributed by atoms with Crippen molar-refractivity contribution in [2.75, 3.05) is 25.1 Å². The Kier molecular flexibility index (Phi) is 3.62. The maximum Gasteiger partial charge on any atom is 0.330 e. The van der Waals surface area contributed by atoms with Crippen LogP contribution in [0.4, 0.5) is 10.5 Å². The number of nitrogens with one attached hydrogen (secondary N) is 1. The van der Waals surface area contributed by atoms with E-state index in [9.17, 15) is 9.59 Å². The molecule has 0 aromatic heterocycles. The lowest BCUT2D eigenvalue weighted by Gasteiger charge is -2.16. The molecule has 1 N–H and O–H groups in total. The van der Waals surface area contributed by atoms with Crippen molar-refractivity contribution in [3.63, 3.8) is 0 Å². The monoisotopic (exact) mass is 246 g/mol. The largest absolute Gasteiger partial charge is 0.466 e. The summed E-state index contributed by atoms with van der Waals surface area (Å²) >= 11 is 0. The fourth-order valence-electron chi connectivity index (χ4n) is 1.80. The second kappa shape index (κ2) is 5.35. The third kappa shape index (κ3) is 2.51. The van der Waals surface area contributed by atoms with Gasteiger partial charge in [-0.1, -0.05) is 18.2 Å². The van der Waals surface area contributed by atoms with Crippen molar-refractivity contribution in [3.8, 4) is 0 Å². The smallest absolute Gasteiger partial charge is 0.330 e.